The zero-order chi connectivity index (χ0) is 15.9. The van der Waals surface area contributed by atoms with Crippen LogP contribution in [0.1, 0.15) is 22.8 Å². The van der Waals surface area contributed by atoms with Crippen molar-refractivity contribution in [2.45, 2.75) is 6.92 Å². The Hall–Kier alpha value is -1.91. The van der Waals surface area contributed by atoms with Gasteiger partial charge in [0.05, 0.1) is 11.3 Å². The highest BCUT2D eigenvalue weighted by Gasteiger charge is 2.13. The molecule has 1 aromatic rings. The minimum Gasteiger partial charge on any atom is -0.384 e. The first-order valence-corrected chi connectivity index (χ1v) is 8.09. The highest BCUT2D eigenvalue weighted by atomic mass is 32.2. The molecule has 0 aliphatic heterocycles. The molecule has 21 heavy (non-hydrogen) atoms. The van der Waals surface area contributed by atoms with Gasteiger partial charge in [0.15, 0.2) is 9.84 Å². The molecule has 1 rings (SSSR count). The predicted molar refractivity (Wildman–Crippen MR) is 77.0 cm³/mol. The summed E-state index contributed by atoms with van der Waals surface area (Å²) in [6, 6.07) is 3.80. The van der Waals surface area contributed by atoms with E-state index in [0.29, 0.717) is 5.56 Å². The summed E-state index contributed by atoms with van der Waals surface area (Å²) in [7, 11) is -3.17. The van der Waals surface area contributed by atoms with Crippen molar-refractivity contribution in [1.29, 1.82) is 0 Å². The Balaban J connectivity index is 2.71. The Bertz CT molecular complexity index is 674. The van der Waals surface area contributed by atoms with Gasteiger partial charge in [-0.3, -0.25) is 4.79 Å². The molecule has 0 spiro atoms. The van der Waals surface area contributed by atoms with E-state index in [1.54, 1.807) is 0 Å². The molecular formula is C14H16FNO4S. The van der Waals surface area contributed by atoms with Crippen LogP contribution >= 0.6 is 0 Å². The van der Waals surface area contributed by atoms with Crippen molar-refractivity contribution in [2.24, 2.45) is 0 Å². The van der Waals surface area contributed by atoms with Crippen LogP contribution in [-0.2, 0) is 9.84 Å². The normalized spacial score (nSPS) is 10.6. The van der Waals surface area contributed by atoms with E-state index in [9.17, 15) is 17.6 Å². The van der Waals surface area contributed by atoms with E-state index in [2.05, 4.69) is 17.2 Å². The summed E-state index contributed by atoms with van der Waals surface area (Å²) in [6.07, 6.45) is 0. The second-order valence-electron chi connectivity index (χ2n) is 4.15. The first-order chi connectivity index (χ1) is 9.89. The lowest BCUT2D eigenvalue weighted by Crippen LogP contribution is -2.30. The van der Waals surface area contributed by atoms with Crippen LogP contribution in [-0.4, -0.2) is 44.1 Å². The van der Waals surface area contributed by atoms with Crippen molar-refractivity contribution in [1.82, 2.24) is 5.32 Å². The van der Waals surface area contributed by atoms with Gasteiger partial charge in [-0.2, -0.15) is 0 Å². The van der Waals surface area contributed by atoms with Crippen LogP contribution in [0.3, 0.4) is 0 Å². The third kappa shape index (κ3) is 5.53. The smallest absolute Gasteiger partial charge is 0.254 e. The molecule has 0 aromatic heterocycles. The van der Waals surface area contributed by atoms with Gasteiger partial charge in [0.25, 0.3) is 5.91 Å². The molecule has 2 N–H and O–H groups in total. The zero-order valence-electron chi connectivity index (χ0n) is 11.5. The highest BCUT2D eigenvalue weighted by Crippen LogP contribution is 2.09. The Labute approximate surface area is 123 Å². The molecule has 7 heteroatoms. The minimum atomic E-state index is -3.17. The average Bonchev–Trinajstić information content (AvgIpc) is 2.44. The predicted octanol–water partition coefficient (Wildman–Crippen LogP) is 0.334. The lowest BCUT2D eigenvalue weighted by atomic mass is 10.1. The molecule has 1 amide bonds. The fourth-order valence-electron chi connectivity index (χ4n) is 1.48. The summed E-state index contributed by atoms with van der Waals surface area (Å²) in [5.74, 6) is 3.27. The number of amides is 1. The van der Waals surface area contributed by atoms with Crippen LogP contribution < -0.4 is 5.32 Å². The molecule has 0 heterocycles. The summed E-state index contributed by atoms with van der Waals surface area (Å²) in [4.78, 5) is 11.7. The molecule has 0 radical (unpaired) electrons. The molecule has 0 fully saturated rings. The van der Waals surface area contributed by atoms with Gasteiger partial charge in [0, 0.05) is 17.9 Å². The molecule has 114 valence electrons. The monoisotopic (exact) mass is 313 g/mol. The van der Waals surface area contributed by atoms with Gasteiger partial charge in [0.2, 0.25) is 0 Å². The molecule has 5 nitrogen and oxygen atoms in total. The van der Waals surface area contributed by atoms with Crippen molar-refractivity contribution in [2.75, 3.05) is 24.7 Å². The second-order valence-corrected chi connectivity index (χ2v) is 6.62. The van der Waals surface area contributed by atoms with E-state index >= 15 is 0 Å². The number of hydrogen-bond acceptors (Lipinski definition) is 4. The van der Waals surface area contributed by atoms with Gasteiger partial charge in [-0.1, -0.05) is 18.8 Å². The van der Waals surface area contributed by atoms with Crippen LogP contribution in [0.15, 0.2) is 18.2 Å². The third-order valence-corrected chi connectivity index (χ3v) is 4.37. The van der Waals surface area contributed by atoms with E-state index in [4.69, 9.17) is 5.11 Å². The Morgan fingerprint density at radius 2 is 2.14 bits per heavy atom. The largest absolute Gasteiger partial charge is 0.384 e. The van der Waals surface area contributed by atoms with Crippen LogP contribution in [0.4, 0.5) is 4.39 Å². The van der Waals surface area contributed by atoms with Crippen LogP contribution in [0, 0.1) is 17.7 Å². The zero-order valence-corrected chi connectivity index (χ0v) is 12.3. The van der Waals surface area contributed by atoms with Crippen molar-refractivity contribution < 1.29 is 22.7 Å². The lowest BCUT2D eigenvalue weighted by molar-refractivity contribution is 0.0952. The molecular weight excluding hydrogens is 297 g/mol. The van der Waals surface area contributed by atoms with Gasteiger partial charge in [-0.25, -0.2) is 12.8 Å². The van der Waals surface area contributed by atoms with E-state index in [-0.39, 0.29) is 30.2 Å². The average molecular weight is 313 g/mol. The number of aliphatic hydroxyl groups excluding tert-OH is 1. The van der Waals surface area contributed by atoms with Crippen LogP contribution in [0.5, 0.6) is 0 Å². The summed E-state index contributed by atoms with van der Waals surface area (Å²) < 4.78 is 36.3. The van der Waals surface area contributed by atoms with Gasteiger partial charge in [-0.05, 0) is 18.2 Å². The summed E-state index contributed by atoms with van der Waals surface area (Å²) in [5, 5.41) is 10.9. The van der Waals surface area contributed by atoms with Crippen molar-refractivity contribution in [3.63, 3.8) is 0 Å². The van der Waals surface area contributed by atoms with E-state index < -0.39 is 21.6 Å². The third-order valence-electron chi connectivity index (χ3n) is 2.66. The second kappa shape index (κ2) is 7.76. The van der Waals surface area contributed by atoms with E-state index in [1.165, 1.54) is 19.1 Å². The van der Waals surface area contributed by atoms with Crippen molar-refractivity contribution >= 4 is 15.7 Å². The first kappa shape index (κ1) is 17.1. The molecule has 0 saturated carbocycles. The van der Waals surface area contributed by atoms with Crippen LogP contribution in [0.2, 0.25) is 0 Å². The summed E-state index contributed by atoms with van der Waals surface area (Å²) >= 11 is 0. The molecule has 0 atom stereocenters. The number of sulfone groups is 1. The number of carbonyl (C=O) groups is 1. The fourth-order valence-corrected chi connectivity index (χ4v) is 2.18. The van der Waals surface area contributed by atoms with E-state index in [1.807, 2.05) is 0 Å². The number of halogens is 1. The van der Waals surface area contributed by atoms with Gasteiger partial charge < -0.3 is 10.4 Å². The number of aliphatic hydroxyl groups is 1. The number of nitrogens with one attached hydrogen (secondary N) is 1. The highest BCUT2D eigenvalue weighted by molar-refractivity contribution is 7.91. The molecule has 1 aromatic carbocycles. The van der Waals surface area contributed by atoms with Gasteiger partial charge >= 0.3 is 0 Å². The Morgan fingerprint density at radius 3 is 2.71 bits per heavy atom. The molecule has 0 aliphatic rings. The SMILES string of the molecule is CCS(=O)(=O)CCNC(=O)c1ccc(C#CCO)cc1F. The standard InChI is InChI=1S/C14H16FNO4S/c1-2-21(19,20)9-7-16-14(18)12-6-5-11(4-3-8-17)10-13(12)15/h5-6,10,17H,2,7-9H2,1H3,(H,16,18). The lowest BCUT2D eigenvalue weighted by Gasteiger charge is -2.06. The minimum absolute atomic E-state index is 0.00451. The Morgan fingerprint density at radius 1 is 1.43 bits per heavy atom. The molecule has 0 bridgehead atoms. The molecule has 0 unspecified atom stereocenters. The quantitative estimate of drug-likeness (QED) is 0.768. The fraction of sp³-hybridized carbons (Fsp3) is 0.357. The van der Waals surface area contributed by atoms with Gasteiger partial charge in [-0.15, -0.1) is 0 Å². The number of hydrogen-bond donors (Lipinski definition) is 2. The van der Waals surface area contributed by atoms with Crippen molar-refractivity contribution in [3.05, 3.63) is 35.1 Å². The first-order valence-electron chi connectivity index (χ1n) is 6.27. The van der Waals surface area contributed by atoms with E-state index in [0.717, 1.165) is 6.07 Å². The molecule has 0 aliphatic carbocycles. The number of rotatable bonds is 5. The molecule has 0 saturated heterocycles. The maximum absolute atomic E-state index is 13.7. The topological polar surface area (TPSA) is 83.5 Å². The number of carbonyl (C=O) groups excluding carboxylic acids is 1. The Kier molecular flexibility index (Phi) is 6.34. The number of benzene rings is 1. The summed E-state index contributed by atoms with van der Waals surface area (Å²) in [5.41, 5.74) is 0.158. The van der Waals surface area contributed by atoms with Gasteiger partial charge in [0.1, 0.15) is 12.4 Å². The van der Waals surface area contributed by atoms with Crippen molar-refractivity contribution in [3.8, 4) is 11.8 Å². The maximum Gasteiger partial charge on any atom is 0.254 e. The van der Waals surface area contributed by atoms with Crippen LogP contribution in [0.25, 0.3) is 0 Å². The maximum atomic E-state index is 13.7. The summed E-state index contributed by atoms with van der Waals surface area (Å²) in [6.45, 7) is 1.11.